The van der Waals surface area contributed by atoms with Crippen molar-refractivity contribution in [1.82, 2.24) is 14.7 Å². The fourth-order valence-corrected chi connectivity index (χ4v) is 1.63. The molecule has 0 fully saturated rings. The molecule has 0 aliphatic carbocycles. The van der Waals surface area contributed by atoms with Crippen molar-refractivity contribution in [2.24, 2.45) is 0 Å². The van der Waals surface area contributed by atoms with Crippen LogP contribution in [0.1, 0.15) is 6.92 Å². The maximum absolute atomic E-state index is 9.92. The minimum atomic E-state index is -0.474. The molecular weight excluding hydrogens is 220 g/mol. The smallest absolute Gasteiger partial charge is 0.0862 e. The molecule has 0 aliphatic rings. The van der Waals surface area contributed by atoms with E-state index in [0.717, 1.165) is 0 Å². The molecule has 0 spiro atoms. The van der Waals surface area contributed by atoms with Gasteiger partial charge in [-0.15, -0.1) is 0 Å². The minimum absolute atomic E-state index is 0.275. The summed E-state index contributed by atoms with van der Waals surface area (Å²) in [6.07, 6.45) is 2.81. The van der Waals surface area contributed by atoms with Gasteiger partial charge < -0.3 is 15.6 Å². The SMILES string of the molecule is COCC(C)N(C)CC(O)Cn1cc(N)cn1. The van der Waals surface area contributed by atoms with E-state index in [0.29, 0.717) is 25.4 Å². The molecule has 6 nitrogen and oxygen atoms in total. The lowest BCUT2D eigenvalue weighted by Crippen LogP contribution is -2.39. The van der Waals surface area contributed by atoms with Crippen molar-refractivity contribution in [3.05, 3.63) is 12.4 Å². The predicted molar refractivity (Wildman–Crippen MR) is 66.6 cm³/mol. The van der Waals surface area contributed by atoms with Gasteiger partial charge >= 0.3 is 0 Å². The molecule has 98 valence electrons. The van der Waals surface area contributed by atoms with Crippen LogP contribution in [-0.4, -0.2) is 59.2 Å². The number of aromatic nitrogens is 2. The molecule has 6 heteroatoms. The molecule has 2 atom stereocenters. The summed E-state index contributed by atoms with van der Waals surface area (Å²) in [6, 6.07) is 0.275. The van der Waals surface area contributed by atoms with Crippen LogP contribution >= 0.6 is 0 Å². The van der Waals surface area contributed by atoms with Crippen LogP contribution in [0.2, 0.25) is 0 Å². The second-order valence-corrected chi connectivity index (χ2v) is 4.39. The third kappa shape index (κ3) is 4.72. The van der Waals surface area contributed by atoms with E-state index in [2.05, 4.69) is 16.9 Å². The topological polar surface area (TPSA) is 76.5 Å². The first kappa shape index (κ1) is 14.0. The number of methoxy groups -OCH3 is 1. The molecule has 1 heterocycles. The molecule has 0 radical (unpaired) electrons. The number of nitrogens with zero attached hydrogens (tertiary/aromatic N) is 3. The van der Waals surface area contributed by atoms with E-state index in [9.17, 15) is 5.11 Å². The second kappa shape index (κ2) is 6.58. The van der Waals surface area contributed by atoms with Crippen molar-refractivity contribution in [2.75, 3.05) is 33.0 Å². The van der Waals surface area contributed by atoms with Crippen LogP contribution in [-0.2, 0) is 11.3 Å². The summed E-state index contributed by atoms with van der Waals surface area (Å²) in [6.45, 7) is 3.73. The number of anilines is 1. The quantitative estimate of drug-likeness (QED) is 0.692. The number of aliphatic hydroxyl groups excluding tert-OH is 1. The molecule has 0 saturated carbocycles. The molecule has 0 aromatic carbocycles. The first-order valence-electron chi connectivity index (χ1n) is 5.68. The van der Waals surface area contributed by atoms with Crippen molar-refractivity contribution >= 4 is 5.69 Å². The summed E-state index contributed by atoms with van der Waals surface area (Å²) in [5.41, 5.74) is 6.16. The van der Waals surface area contributed by atoms with E-state index in [4.69, 9.17) is 10.5 Å². The zero-order chi connectivity index (χ0) is 12.8. The first-order valence-corrected chi connectivity index (χ1v) is 5.68. The molecule has 3 N–H and O–H groups in total. The van der Waals surface area contributed by atoms with Gasteiger partial charge in [0, 0.05) is 25.9 Å². The Bertz CT molecular complexity index is 329. The molecule has 0 aliphatic heterocycles. The van der Waals surface area contributed by atoms with Crippen molar-refractivity contribution in [3.8, 4) is 0 Å². The van der Waals surface area contributed by atoms with Gasteiger partial charge in [0.2, 0.25) is 0 Å². The number of aliphatic hydroxyl groups is 1. The summed E-state index contributed by atoms with van der Waals surface area (Å²) in [4.78, 5) is 2.06. The Balaban J connectivity index is 2.36. The highest BCUT2D eigenvalue weighted by molar-refractivity contribution is 5.30. The number of ether oxygens (including phenoxy) is 1. The Kier molecular flexibility index (Phi) is 5.40. The standard InChI is InChI=1S/C11H22N4O2/c1-9(8-17-3)14(2)6-11(16)7-15-5-10(12)4-13-15/h4-5,9,11,16H,6-8,12H2,1-3H3. The third-order valence-corrected chi connectivity index (χ3v) is 2.71. The summed E-state index contributed by atoms with van der Waals surface area (Å²) >= 11 is 0. The van der Waals surface area contributed by atoms with Crippen molar-refractivity contribution < 1.29 is 9.84 Å². The van der Waals surface area contributed by atoms with Crippen molar-refractivity contribution in [3.63, 3.8) is 0 Å². The van der Waals surface area contributed by atoms with Gasteiger partial charge in [0.25, 0.3) is 0 Å². The lowest BCUT2D eigenvalue weighted by Gasteiger charge is -2.26. The van der Waals surface area contributed by atoms with Gasteiger partial charge in [-0.2, -0.15) is 5.10 Å². The van der Waals surface area contributed by atoms with Crippen LogP contribution in [0.25, 0.3) is 0 Å². The van der Waals surface area contributed by atoms with Crippen LogP contribution in [0.5, 0.6) is 0 Å². The van der Waals surface area contributed by atoms with E-state index >= 15 is 0 Å². The van der Waals surface area contributed by atoms with Gasteiger partial charge in [-0.3, -0.25) is 9.58 Å². The average molecular weight is 242 g/mol. The number of nitrogen functional groups attached to an aromatic ring is 1. The Hall–Kier alpha value is -1.11. The predicted octanol–water partition coefficient (Wildman–Crippen LogP) is -0.207. The number of nitrogens with two attached hydrogens (primary N) is 1. The first-order chi connectivity index (χ1) is 8.02. The van der Waals surface area contributed by atoms with Crippen LogP contribution in [0.15, 0.2) is 12.4 Å². The van der Waals surface area contributed by atoms with E-state index in [1.165, 1.54) is 0 Å². The largest absolute Gasteiger partial charge is 0.396 e. The van der Waals surface area contributed by atoms with E-state index in [1.807, 2.05) is 7.05 Å². The van der Waals surface area contributed by atoms with Gasteiger partial charge in [0.15, 0.2) is 0 Å². The van der Waals surface area contributed by atoms with Gasteiger partial charge in [-0.1, -0.05) is 0 Å². The van der Waals surface area contributed by atoms with Crippen molar-refractivity contribution in [1.29, 1.82) is 0 Å². The molecule has 2 unspecified atom stereocenters. The van der Waals surface area contributed by atoms with Crippen molar-refractivity contribution in [2.45, 2.75) is 25.6 Å². The van der Waals surface area contributed by atoms with Crippen LogP contribution < -0.4 is 5.73 Å². The minimum Gasteiger partial charge on any atom is -0.396 e. The molecular formula is C11H22N4O2. The number of likely N-dealkylation sites (N-methyl/N-ethyl adjacent to an activating group) is 1. The summed E-state index contributed by atoms with van der Waals surface area (Å²) < 4.78 is 6.72. The Labute approximate surface area is 102 Å². The van der Waals surface area contributed by atoms with E-state index in [1.54, 1.807) is 24.2 Å². The third-order valence-electron chi connectivity index (χ3n) is 2.71. The Morgan fingerprint density at radius 3 is 2.88 bits per heavy atom. The number of hydrogen-bond acceptors (Lipinski definition) is 5. The molecule has 1 aromatic rings. The van der Waals surface area contributed by atoms with Gasteiger partial charge in [0.05, 0.1) is 31.1 Å². The van der Waals surface area contributed by atoms with Gasteiger partial charge in [-0.05, 0) is 14.0 Å². The Morgan fingerprint density at radius 1 is 1.65 bits per heavy atom. The number of rotatable bonds is 7. The molecule has 0 amide bonds. The van der Waals surface area contributed by atoms with E-state index in [-0.39, 0.29) is 6.04 Å². The highest BCUT2D eigenvalue weighted by atomic mass is 16.5. The Morgan fingerprint density at radius 2 is 2.35 bits per heavy atom. The molecule has 1 aromatic heterocycles. The maximum Gasteiger partial charge on any atom is 0.0862 e. The van der Waals surface area contributed by atoms with Crippen LogP contribution in [0.3, 0.4) is 0 Å². The molecule has 1 rings (SSSR count). The summed E-state index contributed by atoms with van der Waals surface area (Å²) in [5, 5.41) is 13.9. The molecule has 0 saturated heterocycles. The number of hydrogen-bond donors (Lipinski definition) is 2. The normalized spacial score (nSPS) is 15.1. The monoisotopic (exact) mass is 242 g/mol. The zero-order valence-electron chi connectivity index (χ0n) is 10.7. The average Bonchev–Trinajstić information content (AvgIpc) is 2.64. The lowest BCUT2D eigenvalue weighted by molar-refractivity contribution is 0.0620. The highest BCUT2D eigenvalue weighted by Gasteiger charge is 2.14. The van der Waals surface area contributed by atoms with E-state index < -0.39 is 6.10 Å². The highest BCUT2D eigenvalue weighted by Crippen LogP contribution is 2.02. The summed E-state index contributed by atoms with van der Waals surface area (Å²) in [5.74, 6) is 0. The maximum atomic E-state index is 9.92. The second-order valence-electron chi connectivity index (χ2n) is 4.39. The fraction of sp³-hybridized carbons (Fsp3) is 0.727. The summed E-state index contributed by atoms with van der Waals surface area (Å²) in [7, 11) is 3.64. The van der Waals surface area contributed by atoms with Gasteiger partial charge in [0.1, 0.15) is 0 Å². The zero-order valence-corrected chi connectivity index (χ0v) is 10.7. The molecule has 17 heavy (non-hydrogen) atoms. The fourth-order valence-electron chi connectivity index (χ4n) is 1.63. The van der Waals surface area contributed by atoms with Crippen LogP contribution in [0, 0.1) is 0 Å². The van der Waals surface area contributed by atoms with Gasteiger partial charge in [-0.25, -0.2) is 0 Å². The lowest BCUT2D eigenvalue weighted by atomic mass is 10.2. The molecule has 0 bridgehead atoms. The van der Waals surface area contributed by atoms with Crippen LogP contribution in [0.4, 0.5) is 5.69 Å².